The van der Waals surface area contributed by atoms with Gasteiger partial charge in [0.15, 0.2) is 0 Å². The number of carbonyl (C=O) groups excluding carboxylic acids is 2. The number of halogens is 2. The van der Waals surface area contributed by atoms with Crippen LogP contribution in [0.1, 0.15) is 17.2 Å². The molecular weight excluding hydrogens is 425 g/mol. The van der Waals surface area contributed by atoms with E-state index in [1.165, 1.54) is 17.4 Å². The van der Waals surface area contributed by atoms with E-state index in [2.05, 4.69) is 16.7 Å². The Morgan fingerprint density at radius 2 is 2.22 bits per heavy atom. The van der Waals surface area contributed by atoms with Gasteiger partial charge in [-0.15, -0.1) is 11.3 Å². The number of rotatable bonds is 5. The number of thiophene rings is 1. The molecule has 0 aliphatic carbocycles. The summed E-state index contributed by atoms with van der Waals surface area (Å²) >= 11 is 14.5. The van der Waals surface area contributed by atoms with Crippen LogP contribution in [0.15, 0.2) is 46.3 Å². The van der Waals surface area contributed by atoms with E-state index in [4.69, 9.17) is 23.2 Å². The number of nitrogens with one attached hydrogen (secondary N) is 2. The molecule has 2 N–H and O–H groups in total. The van der Waals surface area contributed by atoms with Gasteiger partial charge in [-0.25, -0.2) is 0 Å². The topological polar surface area (TPSA) is 82.0 Å². The quantitative estimate of drug-likeness (QED) is 0.705. The standard InChI is InChI=1S/C18H13Cl2N3O2S2/c19-10-3-4-14(13(20)6-10)22-17(25)9-27-18-12(8-21)11(7-16(24)23-18)15-2-1-5-26-15/h1-6,11H,7,9H2,(H,22,25)(H,23,24)/t11-/m1/s1. The first-order valence-electron chi connectivity index (χ1n) is 7.83. The van der Waals surface area contributed by atoms with Gasteiger partial charge in [-0.3, -0.25) is 9.59 Å². The second-order valence-electron chi connectivity index (χ2n) is 5.64. The van der Waals surface area contributed by atoms with Gasteiger partial charge in [-0.05, 0) is 29.6 Å². The molecule has 0 fully saturated rings. The number of benzene rings is 1. The van der Waals surface area contributed by atoms with E-state index < -0.39 is 0 Å². The highest BCUT2D eigenvalue weighted by atomic mass is 35.5. The molecule has 0 bridgehead atoms. The summed E-state index contributed by atoms with van der Waals surface area (Å²) in [6.45, 7) is 0. The fraction of sp³-hybridized carbons (Fsp3) is 0.167. The van der Waals surface area contributed by atoms with Crippen LogP contribution in [-0.4, -0.2) is 17.6 Å². The molecule has 1 aliphatic rings. The number of allylic oxidation sites excluding steroid dienone is 1. The van der Waals surface area contributed by atoms with E-state index in [-0.39, 0.29) is 29.9 Å². The average Bonchev–Trinajstić information content (AvgIpc) is 3.16. The molecule has 2 aromatic rings. The summed E-state index contributed by atoms with van der Waals surface area (Å²) in [5.74, 6) is -0.728. The molecule has 5 nitrogen and oxygen atoms in total. The number of nitriles is 1. The molecule has 2 amide bonds. The van der Waals surface area contributed by atoms with Gasteiger partial charge in [0, 0.05) is 22.2 Å². The minimum atomic E-state index is -0.304. The first kappa shape index (κ1) is 19.8. The van der Waals surface area contributed by atoms with E-state index in [1.807, 2.05) is 17.5 Å². The Bertz CT molecular complexity index is 952. The van der Waals surface area contributed by atoms with Crippen molar-refractivity contribution in [2.45, 2.75) is 12.3 Å². The molecule has 9 heteroatoms. The fourth-order valence-electron chi connectivity index (χ4n) is 2.58. The number of hydrogen-bond donors (Lipinski definition) is 2. The van der Waals surface area contributed by atoms with E-state index in [9.17, 15) is 14.9 Å². The maximum atomic E-state index is 12.2. The number of carbonyl (C=O) groups is 2. The molecule has 2 heterocycles. The first-order chi connectivity index (χ1) is 13.0. The number of anilines is 1. The van der Waals surface area contributed by atoms with Crippen LogP contribution in [0.2, 0.25) is 10.0 Å². The third-order valence-corrected chi connectivity index (χ3v) is 6.35. The van der Waals surface area contributed by atoms with Crippen LogP contribution >= 0.6 is 46.3 Å². The summed E-state index contributed by atoms with van der Waals surface area (Å²) < 4.78 is 0. The predicted octanol–water partition coefficient (Wildman–Crippen LogP) is 4.77. The Morgan fingerprint density at radius 3 is 2.89 bits per heavy atom. The van der Waals surface area contributed by atoms with Crippen molar-refractivity contribution in [3.8, 4) is 6.07 Å². The maximum absolute atomic E-state index is 12.2. The number of nitrogens with zero attached hydrogens (tertiary/aromatic N) is 1. The Morgan fingerprint density at radius 1 is 1.41 bits per heavy atom. The van der Waals surface area contributed by atoms with Gasteiger partial charge in [-0.1, -0.05) is 41.0 Å². The minimum Gasteiger partial charge on any atom is -0.324 e. The second kappa shape index (κ2) is 8.81. The van der Waals surface area contributed by atoms with E-state index in [1.54, 1.807) is 12.1 Å². The van der Waals surface area contributed by atoms with Crippen LogP contribution in [0.25, 0.3) is 0 Å². The molecule has 0 saturated heterocycles. The van der Waals surface area contributed by atoms with Crippen molar-refractivity contribution in [2.24, 2.45) is 0 Å². The number of thioether (sulfide) groups is 1. The van der Waals surface area contributed by atoms with Crippen molar-refractivity contribution in [3.63, 3.8) is 0 Å². The Labute approximate surface area is 174 Å². The molecule has 1 aliphatic heterocycles. The molecule has 1 aromatic heterocycles. The molecule has 3 rings (SSSR count). The monoisotopic (exact) mass is 437 g/mol. The maximum Gasteiger partial charge on any atom is 0.234 e. The van der Waals surface area contributed by atoms with Crippen molar-refractivity contribution >= 4 is 63.8 Å². The molecule has 138 valence electrons. The second-order valence-corrected chi connectivity index (χ2v) is 8.44. The summed E-state index contributed by atoms with van der Waals surface area (Å²) in [6, 6.07) is 10.8. The lowest BCUT2D eigenvalue weighted by molar-refractivity contribution is -0.121. The third kappa shape index (κ3) is 4.85. The average molecular weight is 438 g/mol. The third-order valence-electron chi connectivity index (χ3n) is 3.80. The molecule has 1 atom stereocenters. The highest BCUT2D eigenvalue weighted by Crippen LogP contribution is 2.37. The van der Waals surface area contributed by atoms with Crippen LogP contribution in [0.3, 0.4) is 0 Å². The molecule has 0 saturated carbocycles. The Kier molecular flexibility index (Phi) is 6.45. The van der Waals surface area contributed by atoms with Crippen LogP contribution in [0.4, 0.5) is 5.69 Å². The summed E-state index contributed by atoms with van der Waals surface area (Å²) in [5, 5.41) is 18.1. The highest BCUT2D eigenvalue weighted by Gasteiger charge is 2.30. The van der Waals surface area contributed by atoms with Gasteiger partial charge in [-0.2, -0.15) is 5.26 Å². The molecular formula is C18H13Cl2N3O2S2. The summed E-state index contributed by atoms with van der Waals surface area (Å²) in [5.41, 5.74) is 0.921. The highest BCUT2D eigenvalue weighted by molar-refractivity contribution is 8.03. The summed E-state index contributed by atoms with van der Waals surface area (Å²) in [4.78, 5) is 25.3. The lowest BCUT2D eigenvalue weighted by Gasteiger charge is -2.23. The molecule has 0 radical (unpaired) electrons. The van der Waals surface area contributed by atoms with E-state index in [0.29, 0.717) is 26.3 Å². The van der Waals surface area contributed by atoms with Crippen LogP contribution < -0.4 is 10.6 Å². The fourth-order valence-corrected chi connectivity index (χ4v) is 4.75. The Balaban J connectivity index is 1.72. The van der Waals surface area contributed by atoms with Crippen molar-refractivity contribution in [3.05, 3.63) is 61.2 Å². The zero-order chi connectivity index (χ0) is 19.4. The SMILES string of the molecule is N#CC1=C(SCC(=O)Nc2ccc(Cl)cc2Cl)NC(=O)C[C@H]1c1cccs1. The summed E-state index contributed by atoms with van der Waals surface area (Å²) in [7, 11) is 0. The normalized spacial score (nSPS) is 16.6. The van der Waals surface area contributed by atoms with Gasteiger partial charge >= 0.3 is 0 Å². The van der Waals surface area contributed by atoms with Gasteiger partial charge in [0.05, 0.1) is 33.1 Å². The van der Waals surface area contributed by atoms with Crippen molar-refractivity contribution in [1.82, 2.24) is 5.32 Å². The summed E-state index contributed by atoms with van der Waals surface area (Å²) in [6.07, 6.45) is 0.222. The largest absolute Gasteiger partial charge is 0.324 e. The van der Waals surface area contributed by atoms with Crippen molar-refractivity contribution in [1.29, 1.82) is 5.26 Å². The van der Waals surface area contributed by atoms with Gasteiger partial charge < -0.3 is 10.6 Å². The lowest BCUT2D eigenvalue weighted by Crippen LogP contribution is -2.31. The molecule has 1 aromatic carbocycles. The van der Waals surface area contributed by atoms with Gasteiger partial charge in [0.25, 0.3) is 0 Å². The molecule has 27 heavy (non-hydrogen) atoms. The lowest BCUT2D eigenvalue weighted by atomic mass is 9.93. The van der Waals surface area contributed by atoms with Crippen molar-refractivity contribution < 1.29 is 9.59 Å². The molecule has 0 unspecified atom stereocenters. The van der Waals surface area contributed by atoms with E-state index >= 15 is 0 Å². The minimum absolute atomic E-state index is 0.0247. The predicted molar refractivity (Wildman–Crippen MR) is 110 cm³/mol. The zero-order valence-electron chi connectivity index (χ0n) is 13.8. The number of hydrogen-bond acceptors (Lipinski definition) is 5. The van der Waals surface area contributed by atoms with Crippen LogP contribution in [0.5, 0.6) is 0 Å². The smallest absolute Gasteiger partial charge is 0.234 e. The van der Waals surface area contributed by atoms with E-state index in [0.717, 1.165) is 16.6 Å². The van der Waals surface area contributed by atoms with Crippen LogP contribution in [0, 0.1) is 11.3 Å². The molecule has 0 spiro atoms. The van der Waals surface area contributed by atoms with Gasteiger partial charge in [0.1, 0.15) is 0 Å². The Hall–Kier alpha value is -1.98. The first-order valence-corrected chi connectivity index (χ1v) is 10.4. The zero-order valence-corrected chi connectivity index (χ0v) is 16.9. The van der Waals surface area contributed by atoms with Crippen LogP contribution in [-0.2, 0) is 9.59 Å². The van der Waals surface area contributed by atoms with Gasteiger partial charge in [0.2, 0.25) is 11.8 Å². The van der Waals surface area contributed by atoms with Crippen molar-refractivity contribution in [2.75, 3.05) is 11.1 Å². The number of amides is 2.